The van der Waals surface area contributed by atoms with E-state index in [1.165, 1.54) is 18.4 Å². The van der Waals surface area contributed by atoms with Gasteiger partial charge < -0.3 is 5.32 Å². The summed E-state index contributed by atoms with van der Waals surface area (Å²) in [7, 11) is 0. The normalized spacial score (nSPS) is 12.1. The van der Waals surface area contributed by atoms with Gasteiger partial charge in [-0.1, -0.05) is 24.9 Å². The van der Waals surface area contributed by atoms with E-state index in [-0.39, 0.29) is 0 Å². The molecule has 0 rings (SSSR count). The second kappa shape index (κ2) is 7.10. The third-order valence-corrected chi connectivity index (χ3v) is 1.67. The quantitative estimate of drug-likeness (QED) is 0.612. The predicted molar refractivity (Wildman–Crippen MR) is 47.4 cm³/mol. The van der Waals surface area contributed by atoms with Crippen molar-refractivity contribution in [3.63, 3.8) is 0 Å². The van der Waals surface area contributed by atoms with Gasteiger partial charge in [0.2, 0.25) is 0 Å². The van der Waals surface area contributed by atoms with E-state index in [0.29, 0.717) is 0 Å². The Balaban J connectivity index is 3.04. The van der Waals surface area contributed by atoms with Gasteiger partial charge in [-0.15, -0.1) is 0 Å². The lowest BCUT2D eigenvalue weighted by Gasteiger charge is -2.01. The Labute approximate surface area is 68.5 Å². The second-order valence-electron chi connectivity index (χ2n) is 2.49. The summed E-state index contributed by atoms with van der Waals surface area (Å²) < 4.78 is 0. The van der Waals surface area contributed by atoms with E-state index in [2.05, 4.69) is 12.2 Å². The first-order valence-corrected chi connectivity index (χ1v) is 4.21. The van der Waals surface area contributed by atoms with Crippen LogP contribution in [0.3, 0.4) is 0 Å². The van der Waals surface area contributed by atoms with Crippen LogP contribution in [0.4, 0.5) is 0 Å². The molecule has 10 heavy (non-hydrogen) atoms. The van der Waals surface area contributed by atoms with Crippen molar-refractivity contribution in [3.05, 3.63) is 11.1 Å². The van der Waals surface area contributed by atoms with Gasteiger partial charge in [0.25, 0.3) is 0 Å². The molecule has 0 aromatic heterocycles. The number of rotatable bonds is 5. The predicted octanol–water partition coefficient (Wildman–Crippen LogP) is 2.52. The SMILES string of the molecule is CCCCNCC(C)=CCl. The molecule has 0 fully saturated rings. The van der Waals surface area contributed by atoms with Crippen LogP contribution < -0.4 is 5.32 Å². The molecule has 0 atom stereocenters. The highest BCUT2D eigenvalue weighted by Crippen LogP contribution is 1.92. The van der Waals surface area contributed by atoms with Crippen LogP contribution in [0.25, 0.3) is 0 Å². The van der Waals surface area contributed by atoms with Gasteiger partial charge in [0.05, 0.1) is 0 Å². The number of hydrogen-bond acceptors (Lipinski definition) is 1. The molecule has 1 nitrogen and oxygen atoms in total. The molecule has 0 saturated carbocycles. The summed E-state index contributed by atoms with van der Waals surface area (Å²) in [6.45, 7) is 6.22. The van der Waals surface area contributed by atoms with Crippen LogP contribution in [0.5, 0.6) is 0 Å². The molecule has 0 radical (unpaired) electrons. The molecule has 0 spiro atoms. The Morgan fingerprint density at radius 2 is 2.30 bits per heavy atom. The standard InChI is InChI=1S/C8H16ClN/c1-3-4-5-10-7-8(2)6-9/h6,10H,3-5,7H2,1-2H3. The molecule has 0 aromatic rings. The molecule has 1 N–H and O–H groups in total. The van der Waals surface area contributed by atoms with E-state index in [9.17, 15) is 0 Å². The zero-order chi connectivity index (χ0) is 7.82. The van der Waals surface area contributed by atoms with Crippen LogP contribution in [-0.2, 0) is 0 Å². The minimum Gasteiger partial charge on any atom is -0.313 e. The van der Waals surface area contributed by atoms with Gasteiger partial charge in [-0.2, -0.15) is 0 Å². The lowest BCUT2D eigenvalue weighted by molar-refractivity contribution is 0.671. The van der Waals surface area contributed by atoms with Gasteiger partial charge in [-0.25, -0.2) is 0 Å². The molecule has 0 heterocycles. The first-order valence-electron chi connectivity index (χ1n) is 3.77. The van der Waals surface area contributed by atoms with Gasteiger partial charge in [0.15, 0.2) is 0 Å². The van der Waals surface area contributed by atoms with E-state index in [4.69, 9.17) is 11.6 Å². The molecule has 0 aliphatic heterocycles. The summed E-state index contributed by atoms with van der Waals surface area (Å²) in [4.78, 5) is 0. The Kier molecular flexibility index (Phi) is 7.09. The zero-order valence-electron chi connectivity index (χ0n) is 6.78. The first-order chi connectivity index (χ1) is 4.81. The maximum absolute atomic E-state index is 5.46. The smallest absolute Gasteiger partial charge is 0.0173 e. The average Bonchev–Trinajstić information content (AvgIpc) is 1.98. The average molecular weight is 162 g/mol. The summed E-state index contributed by atoms with van der Waals surface area (Å²) in [5, 5.41) is 3.28. The Morgan fingerprint density at radius 1 is 1.60 bits per heavy atom. The van der Waals surface area contributed by atoms with Gasteiger partial charge in [-0.3, -0.25) is 0 Å². The highest BCUT2D eigenvalue weighted by molar-refractivity contribution is 6.25. The Morgan fingerprint density at radius 3 is 2.80 bits per heavy atom. The van der Waals surface area contributed by atoms with Gasteiger partial charge in [0, 0.05) is 12.1 Å². The van der Waals surface area contributed by atoms with Crippen molar-refractivity contribution in [3.8, 4) is 0 Å². The molecular weight excluding hydrogens is 146 g/mol. The maximum Gasteiger partial charge on any atom is 0.0173 e. The topological polar surface area (TPSA) is 12.0 Å². The summed E-state index contributed by atoms with van der Waals surface area (Å²) in [6, 6.07) is 0. The monoisotopic (exact) mass is 161 g/mol. The van der Waals surface area contributed by atoms with Crippen LogP contribution >= 0.6 is 11.6 Å². The summed E-state index contributed by atoms with van der Waals surface area (Å²) in [6.07, 6.45) is 2.49. The maximum atomic E-state index is 5.46. The molecule has 0 unspecified atom stereocenters. The number of unbranched alkanes of at least 4 members (excludes halogenated alkanes) is 1. The van der Waals surface area contributed by atoms with Crippen LogP contribution in [0.1, 0.15) is 26.7 Å². The molecule has 0 aliphatic carbocycles. The van der Waals surface area contributed by atoms with Crippen molar-refractivity contribution >= 4 is 11.6 Å². The Bertz CT molecular complexity index is 99.4. The van der Waals surface area contributed by atoms with Crippen molar-refractivity contribution in [2.75, 3.05) is 13.1 Å². The summed E-state index contributed by atoms with van der Waals surface area (Å²) >= 11 is 5.46. The van der Waals surface area contributed by atoms with E-state index in [1.54, 1.807) is 5.54 Å². The van der Waals surface area contributed by atoms with Crippen molar-refractivity contribution in [2.45, 2.75) is 26.7 Å². The molecule has 0 bridgehead atoms. The van der Waals surface area contributed by atoms with Crippen LogP contribution in [0, 0.1) is 0 Å². The molecule has 0 saturated heterocycles. The van der Waals surface area contributed by atoms with Crippen LogP contribution in [0.15, 0.2) is 11.1 Å². The molecule has 0 amide bonds. The largest absolute Gasteiger partial charge is 0.313 e. The fourth-order valence-electron chi connectivity index (χ4n) is 0.626. The lowest BCUT2D eigenvalue weighted by atomic mass is 10.3. The number of hydrogen-bond donors (Lipinski definition) is 1. The fraction of sp³-hybridized carbons (Fsp3) is 0.750. The molecule has 0 aliphatic rings. The summed E-state index contributed by atoms with van der Waals surface area (Å²) in [5.41, 5.74) is 2.82. The molecule has 2 heteroatoms. The van der Waals surface area contributed by atoms with Crippen molar-refractivity contribution < 1.29 is 0 Å². The van der Waals surface area contributed by atoms with Crippen LogP contribution in [-0.4, -0.2) is 13.1 Å². The van der Waals surface area contributed by atoms with Gasteiger partial charge in [0.1, 0.15) is 0 Å². The number of nitrogens with one attached hydrogen (secondary N) is 1. The summed E-state index contributed by atoms with van der Waals surface area (Å²) in [5.74, 6) is 0. The molecule has 60 valence electrons. The minimum atomic E-state index is 0.920. The van der Waals surface area contributed by atoms with Gasteiger partial charge >= 0.3 is 0 Å². The highest BCUT2D eigenvalue weighted by Gasteiger charge is 1.86. The van der Waals surface area contributed by atoms with Crippen molar-refractivity contribution in [2.24, 2.45) is 0 Å². The second-order valence-corrected chi connectivity index (χ2v) is 2.70. The van der Waals surface area contributed by atoms with Crippen LogP contribution in [0.2, 0.25) is 0 Å². The fourth-order valence-corrected chi connectivity index (χ4v) is 0.703. The van der Waals surface area contributed by atoms with E-state index >= 15 is 0 Å². The Hall–Kier alpha value is -0.0100. The molecular formula is C8H16ClN. The highest BCUT2D eigenvalue weighted by atomic mass is 35.5. The van der Waals surface area contributed by atoms with Crippen molar-refractivity contribution in [1.82, 2.24) is 5.32 Å². The van der Waals surface area contributed by atoms with E-state index in [1.807, 2.05) is 6.92 Å². The lowest BCUT2D eigenvalue weighted by Crippen LogP contribution is -2.16. The third kappa shape index (κ3) is 6.12. The first kappa shape index (κ1) is 9.99. The van der Waals surface area contributed by atoms with E-state index in [0.717, 1.165) is 13.1 Å². The molecule has 0 aromatic carbocycles. The van der Waals surface area contributed by atoms with Crippen molar-refractivity contribution in [1.29, 1.82) is 0 Å². The number of halogens is 1. The zero-order valence-corrected chi connectivity index (χ0v) is 7.54. The van der Waals surface area contributed by atoms with E-state index < -0.39 is 0 Å². The third-order valence-electron chi connectivity index (χ3n) is 1.30. The minimum absolute atomic E-state index is 0.920. The van der Waals surface area contributed by atoms with Gasteiger partial charge in [-0.05, 0) is 25.5 Å².